The highest BCUT2D eigenvalue weighted by atomic mass is 35.5. The van der Waals surface area contributed by atoms with E-state index < -0.39 is 5.60 Å². The number of hydrogen-bond acceptors (Lipinski definition) is 4. The largest absolute Gasteiger partial charge is 0.390 e. The maximum atomic E-state index is 10.4. The zero-order valence-electron chi connectivity index (χ0n) is 10.6. The molecule has 4 nitrogen and oxygen atoms in total. The van der Waals surface area contributed by atoms with E-state index in [9.17, 15) is 5.11 Å². The lowest BCUT2D eigenvalue weighted by molar-refractivity contribution is 0.0558. The first kappa shape index (κ1) is 13.6. The fraction of sp³-hybridized carbons (Fsp3) is 0.615. The van der Waals surface area contributed by atoms with Gasteiger partial charge in [0.25, 0.3) is 0 Å². The van der Waals surface area contributed by atoms with E-state index in [1.807, 2.05) is 11.9 Å². The Labute approximate surface area is 112 Å². The van der Waals surface area contributed by atoms with Gasteiger partial charge >= 0.3 is 0 Å². The molecule has 0 bridgehead atoms. The number of halogens is 1. The van der Waals surface area contributed by atoms with E-state index in [-0.39, 0.29) is 6.61 Å². The number of nitrogens with zero attached hydrogens (tertiary/aromatic N) is 2. The molecule has 0 aliphatic heterocycles. The lowest BCUT2D eigenvalue weighted by Crippen LogP contribution is -2.39. The van der Waals surface area contributed by atoms with Gasteiger partial charge in [0.2, 0.25) is 0 Å². The number of anilines is 1. The predicted molar refractivity (Wildman–Crippen MR) is 71.9 cm³/mol. The van der Waals surface area contributed by atoms with Crippen molar-refractivity contribution in [3.63, 3.8) is 0 Å². The SMILES string of the molecule is CN(CC1(O)CCCC1)c1ccc(Cl)c(CO)n1. The van der Waals surface area contributed by atoms with Crippen LogP contribution in [0, 0.1) is 0 Å². The molecule has 0 saturated heterocycles. The topological polar surface area (TPSA) is 56.6 Å². The number of pyridine rings is 1. The Bertz CT molecular complexity index is 419. The minimum atomic E-state index is -0.602. The summed E-state index contributed by atoms with van der Waals surface area (Å²) in [5, 5.41) is 20.0. The van der Waals surface area contributed by atoms with E-state index in [0.717, 1.165) is 31.5 Å². The van der Waals surface area contributed by atoms with Crippen molar-refractivity contribution in [1.82, 2.24) is 4.98 Å². The monoisotopic (exact) mass is 270 g/mol. The molecule has 1 aliphatic rings. The quantitative estimate of drug-likeness (QED) is 0.878. The molecular formula is C13H19ClN2O2. The normalized spacial score (nSPS) is 18.0. The van der Waals surface area contributed by atoms with Crippen LogP contribution in [-0.2, 0) is 6.61 Å². The summed E-state index contributed by atoms with van der Waals surface area (Å²) < 4.78 is 0. The van der Waals surface area contributed by atoms with Gasteiger partial charge in [0.05, 0.1) is 22.9 Å². The van der Waals surface area contributed by atoms with Gasteiger partial charge in [0, 0.05) is 13.6 Å². The predicted octanol–water partition coefficient (Wildman–Crippen LogP) is 1.97. The Morgan fingerprint density at radius 1 is 1.39 bits per heavy atom. The molecule has 0 radical (unpaired) electrons. The first-order chi connectivity index (χ1) is 8.54. The summed E-state index contributed by atoms with van der Waals surface area (Å²) in [6, 6.07) is 3.53. The van der Waals surface area contributed by atoms with Gasteiger partial charge in [-0.2, -0.15) is 0 Å². The second-order valence-corrected chi connectivity index (χ2v) is 5.45. The van der Waals surface area contributed by atoms with E-state index in [0.29, 0.717) is 17.3 Å². The fourth-order valence-corrected chi connectivity index (χ4v) is 2.68. The second kappa shape index (κ2) is 5.43. The van der Waals surface area contributed by atoms with Crippen LogP contribution in [0.3, 0.4) is 0 Å². The average Bonchev–Trinajstić information content (AvgIpc) is 2.76. The van der Waals surface area contributed by atoms with E-state index in [4.69, 9.17) is 16.7 Å². The van der Waals surface area contributed by atoms with Crippen molar-refractivity contribution in [2.45, 2.75) is 37.9 Å². The summed E-state index contributed by atoms with van der Waals surface area (Å²) in [5.74, 6) is 0.726. The zero-order valence-corrected chi connectivity index (χ0v) is 11.3. The van der Waals surface area contributed by atoms with Crippen molar-refractivity contribution in [3.8, 4) is 0 Å². The van der Waals surface area contributed by atoms with Gasteiger partial charge in [-0.25, -0.2) is 4.98 Å². The van der Waals surface area contributed by atoms with Crippen LogP contribution in [0.4, 0.5) is 5.82 Å². The van der Waals surface area contributed by atoms with Gasteiger partial charge < -0.3 is 15.1 Å². The van der Waals surface area contributed by atoms with Crippen molar-refractivity contribution >= 4 is 17.4 Å². The molecule has 100 valence electrons. The summed E-state index contributed by atoms with van der Waals surface area (Å²) in [7, 11) is 1.90. The molecule has 0 atom stereocenters. The number of hydrogen-bond donors (Lipinski definition) is 2. The maximum absolute atomic E-state index is 10.4. The second-order valence-electron chi connectivity index (χ2n) is 5.04. The molecule has 1 fully saturated rings. The van der Waals surface area contributed by atoms with Crippen LogP contribution in [0.1, 0.15) is 31.4 Å². The van der Waals surface area contributed by atoms with Gasteiger partial charge in [0.1, 0.15) is 5.82 Å². The standard InChI is InChI=1S/C13H19ClN2O2/c1-16(9-13(18)6-2-3-7-13)12-5-4-10(14)11(8-17)15-12/h4-5,17-18H,2-3,6-9H2,1H3. The van der Waals surface area contributed by atoms with E-state index in [1.165, 1.54) is 0 Å². The lowest BCUT2D eigenvalue weighted by Gasteiger charge is -2.29. The Morgan fingerprint density at radius 3 is 2.67 bits per heavy atom. The summed E-state index contributed by atoms with van der Waals surface area (Å²) in [6.45, 7) is 0.386. The minimum absolute atomic E-state index is 0.176. The number of rotatable bonds is 4. The highest BCUT2D eigenvalue weighted by Crippen LogP contribution is 2.31. The van der Waals surface area contributed by atoms with Gasteiger partial charge in [-0.15, -0.1) is 0 Å². The summed E-state index contributed by atoms with van der Waals surface area (Å²) in [5.41, 5.74) is -0.130. The molecule has 2 rings (SSSR count). The molecule has 1 saturated carbocycles. The number of aliphatic hydroxyl groups is 2. The molecular weight excluding hydrogens is 252 g/mol. The van der Waals surface area contributed by atoms with E-state index in [2.05, 4.69) is 4.98 Å². The minimum Gasteiger partial charge on any atom is -0.390 e. The molecule has 1 heterocycles. The highest BCUT2D eigenvalue weighted by molar-refractivity contribution is 6.31. The molecule has 1 aromatic rings. The van der Waals surface area contributed by atoms with Crippen LogP contribution in [0.2, 0.25) is 5.02 Å². The first-order valence-corrected chi connectivity index (χ1v) is 6.62. The van der Waals surface area contributed by atoms with Crippen LogP contribution < -0.4 is 4.90 Å². The zero-order chi connectivity index (χ0) is 13.2. The Balaban J connectivity index is 2.10. The molecule has 2 N–H and O–H groups in total. The smallest absolute Gasteiger partial charge is 0.128 e. The molecule has 0 spiro atoms. The van der Waals surface area contributed by atoms with Crippen LogP contribution in [0.5, 0.6) is 0 Å². The summed E-state index contributed by atoms with van der Waals surface area (Å²) >= 11 is 5.91. The van der Waals surface area contributed by atoms with Crippen molar-refractivity contribution in [3.05, 3.63) is 22.8 Å². The molecule has 0 aromatic carbocycles. The molecule has 1 aromatic heterocycles. The molecule has 0 amide bonds. The van der Waals surface area contributed by atoms with Gasteiger partial charge in [0.15, 0.2) is 0 Å². The van der Waals surface area contributed by atoms with Crippen LogP contribution in [0.25, 0.3) is 0 Å². The maximum Gasteiger partial charge on any atom is 0.128 e. The first-order valence-electron chi connectivity index (χ1n) is 6.24. The van der Waals surface area contributed by atoms with E-state index in [1.54, 1.807) is 12.1 Å². The summed E-state index contributed by atoms with van der Waals surface area (Å²) in [6.07, 6.45) is 3.86. The number of aromatic nitrogens is 1. The number of likely N-dealkylation sites (N-methyl/N-ethyl adjacent to an activating group) is 1. The fourth-order valence-electron chi connectivity index (χ4n) is 2.51. The molecule has 5 heteroatoms. The average molecular weight is 271 g/mol. The van der Waals surface area contributed by atoms with Gasteiger partial charge in [-0.05, 0) is 25.0 Å². The molecule has 0 unspecified atom stereocenters. The van der Waals surface area contributed by atoms with E-state index >= 15 is 0 Å². The van der Waals surface area contributed by atoms with Crippen molar-refractivity contribution in [1.29, 1.82) is 0 Å². The van der Waals surface area contributed by atoms with Gasteiger partial charge in [-0.1, -0.05) is 24.4 Å². The van der Waals surface area contributed by atoms with Crippen LogP contribution >= 0.6 is 11.6 Å². The Hall–Kier alpha value is -0.840. The van der Waals surface area contributed by atoms with Crippen LogP contribution in [0.15, 0.2) is 12.1 Å². The molecule has 18 heavy (non-hydrogen) atoms. The third-order valence-corrected chi connectivity index (χ3v) is 3.85. The molecule has 1 aliphatic carbocycles. The van der Waals surface area contributed by atoms with Gasteiger partial charge in [-0.3, -0.25) is 0 Å². The highest BCUT2D eigenvalue weighted by Gasteiger charge is 2.32. The Kier molecular flexibility index (Phi) is 4.10. The van der Waals surface area contributed by atoms with Crippen molar-refractivity contribution < 1.29 is 10.2 Å². The third-order valence-electron chi connectivity index (χ3n) is 3.51. The number of aliphatic hydroxyl groups excluding tert-OH is 1. The van der Waals surface area contributed by atoms with Crippen molar-refractivity contribution in [2.24, 2.45) is 0 Å². The van der Waals surface area contributed by atoms with Crippen LogP contribution in [-0.4, -0.2) is 34.4 Å². The Morgan fingerprint density at radius 2 is 2.06 bits per heavy atom. The lowest BCUT2D eigenvalue weighted by atomic mass is 10.0. The van der Waals surface area contributed by atoms with Crippen molar-refractivity contribution in [2.75, 3.05) is 18.5 Å². The third kappa shape index (κ3) is 2.94. The summed E-state index contributed by atoms with van der Waals surface area (Å²) in [4.78, 5) is 6.21.